The van der Waals surface area contributed by atoms with Crippen LogP contribution in [0.25, 0.3) is 0 Å². The van der Waals surface area contributed by atoms with E-state index in [9.17, 15) is 13.2 Å². The van der Waals surface area contributed by atoms with E-state index in [1.165, 1.54) is 4.31 Å². The fraction of sp³-hybridized carbons (Fsp3) is 0.500. The molecule has 124 valence electrons. The summed E-state index contributed by atoms with van der Waals surface area (Å²) in [6, 6.07) is 7.23. The summed E-state index contributed by atoms with van der Waals surface area (Å²) < 4.78 is 30.5. The predicted molar refractivity (Wildman–Crippen MR) is 90.3 cm³/mol. The van der Waals surface area contributed by atoms with Crippen molar-refractivity contribution in [1.29, 1.82) is 0 Å². The lowest BCUT2D eigenvalue weighted by Crippen LogP contribution is -2.34. The lowest BCUT2D eigenvalue weighted by atomic mass is 10.3. The lowest BCUT2D eigenvalue weighted by Gasteiger charge is -2.19. The Hall–Kier alpha value is -0.960. The van der Waals surface area contributed by atoms with Crippen molar-refractivity contribution in [3.63, 3.8) is 0 Å². The van der Waals surface area contributed by atoms with Crippen LogP contribution in [0.5, 0.6) is 0 Å². The molecule has 0 heterocycles. The minimum Gasteiger partial charge on any atom is -0.385 e. The number of hydrogen-bond acceptors (Lipinski definition) is 4. The zero-order chi connectivity index (χ0) is 16.6. The molecular formula is C14H21BrN2O4S. The molecular weight excluding hydrogens is 372 g/mol. The molecule has 22 heavy (non-hydrogen) atoms. The van der Waals surface area contributed by atoms with Crippen molar-refractivity contribution in [3.05, 3.63) is 28.7 Å². The second-order valence-electron chi connectivity index (χ2n) is 4.82. The average molecular weight is 393 g/mol. The van der Waals surface area contributed by atoms with Crippen LogP contribution < -0.4 is 5.32 Å². The average Bonchev–Trinajstić information content (AvgIpc) is 2.41. The smallest absolute Gasteiger partial charge is 0.225 e. The molecule has 1 amide bonds. The van der Waals surface area contributed by atoms with E-state index in [2.05, 4.69) is 21.2 Å². The molecule has 0 fully saturated rings. The second kappa shape index (κ2) is 9.24. The number of benzene rings is 1. The Morgan fingerprint density at radius 1 is 1.36 bits per heavy atom. The van der Waals surface area contributed by atoms with Crippen LogP contribution in [-0.2, 0) is 19.6 Å². The van der Waals surface area contributed by atoms with E-state index >= 15 is 0 Å². The maximum atomic E-state index is 11.9. The highest BCUT2D eigenvalue weighted by Crippen LogP contribution is 2.15. The number of sulfonamides is 1. The minimum absolute atomic E-state index is 0.104. The Labute approximate surface area is 140 Å². The molecule has 0 saturated carbocycles. The first-order valence-electron chi connectivity index (χ1n) is 6.82. The van der Waals surface area contributed by atoms with E-state index in [1.54, 1.807) is 19.2 Å². The normalized spacial score (nSPS) is 11.6. The zero-order valence-corrected chi connectivity index (χ0v) is 15.1. The van der Waals surface area contributed by atoms with E-state index in [-0.39, 0.29) is 18.9 Å². The van der Waals surface area contributed by atoms with Crippen molar-refractivity contribution in [2.24, 2.45) is 0 Å². The molecule has 6 nitrogen and oxygen atoms in total. The number of methoxy groups -OCH3 is 1. The van der Waals surface area contributed by atoms with Gasteiger partial charge in [-0.05, 0) is 24.6 Å². The van der Waals surface area contributed by atoms with Gasteiger partial charge in [0.1, 0.15) is 0 Å². The van der Waals surface area contributed by atoms with Crippen molar-refractivity contribution >= 4 is 37.5 Å². The molecule has 0 aliphatic heterocycles. The first-order chi connectivity index (χ1) is 10.3. The van der Waals surface area contributed by atoms with Gasteiger partial charge in [-0.2, -0.15) is 0 Å². The van der Waals surface area contributed by atoms with Gasteiger partial charge < -0.3 is 10.1 Å². The van der Waals surface area contributed by atoms with Gasteiger partial charge in [-0.3, -0.25) is 4.79 Å². The Kier molecular flexibility index (Phi) is 8.02. The van der Waals surface area contributed by atoms with Crippen LogP contribution in [0.4, 0.5) is 5.69 Å². The first kappa shape index (κ1) is 19.1. The molecule has 0 atom stereocenters. The summed E-state index contributed by atoms with van der Waals surface area (Å²) in [4.78, 5) is 11.9. The number of anilines is 1. The number of carbonyl (C=O) groups excluding carboxylic acids is 1. The van der Waals surface area contributed by atoms with Crippen LogP contribution >= 0.6 is 15.9 Å². The SMILES string of the molecule is COCCCN(CCC(=O)Nc1cccc(Br)c1)S(C)(=O)=O. The number of rotatable bonds is 9. The van der Waals surface area contributed by atoms with Gasteiger partial charge in [0.05, 0.1) is 6.26 Å². The van der Waals surface area contributed by atoms with Crippen molar-refractivity contribution < 1.29 is 17.9 Å². The largest absolute Gasteiger partial charge is 0.385 e. The van der Waals surface area contributed by atoms with Crippen LogP contribution in [0.2, 0.25) is 0 Å². The molecule has 8 heteroatoms. The summed E-state index contributed by atoms with van der Waals surface area (Å²) >= 11 is 3.32. The van der Waals surface area contributed by atoms with Gasteiger partial charge in [-0.15, -0.1) is 0 Å². The number of amides is 1. The van der Waals surface area contributed by atoms with Crippen LogP contribution in [0.3, 0.4) is 0 Å². The van der Waals surface area contributed by atoms with E-state index < -0.39 is 10.0 Å². The number of hydrogen-bond donors (Lipinski definition) is 1. The van der Waals surface area contributed by atoms with Gasteiger partial charge in [0.15, 0.2) is 0 Å². The minimum atomic E-state index is -3.33. The zero-order valence-electron chi connectivity index (χ0n) is 12.7. The van der Waals surface area contributed by atoms with E-state index in [0.29, 0.717) is 25.3 Å². The summed E-state index contributed by atoms with van der Waals surface area (Å²) in [6.07, 6.45) is 1.84. The molecule has 1 rings (SSSR count). The monoisotopic (exact) mass is 392 g/mol. The Balaban J connectivity index is 2.51. The van der Waals surface area contributed by atoms with Crippen LogP contribution in [0.1, 0.15) is 12.8 Å². The molecule has 0 bridgehead atoms. The van der Waals surface area contributed by atoms with Gasteiger partial charge in [-0.25, -0.2) is 12.7 Å². The Bertz CT molecular complexity index is 592. The third kappa shape index (κ3) is 7.35. The molecule has 0 aliphatic rings. The fourth-order valence-corrected chi connectivity index (χ4v) is 3.13. The van der Waals surface area contributed by atoms with E-state index in [0.717, 1.165) is 10.7 Å². The van der Waals surface area contributed by atoms with Crippen molar-refractivity contribution in [3.8, 4) is 0 Å². The lowest BCUT2D eigenvalue weighted by molar-refractivity contribution is -0.116. The Morgan fingerprint density at radius 2 is 2.09 bits per heavy atom. The highest BCUT2D eigenvalue weighted by molar-refractivity contribution is 9.10. The third-order valence-electron chi connectivity index (χ3n) is 2.92. The first-order valence-corrected chi connectivity index (χ1v) is 9.46. The number of nitrogens with one attached hydrogen (secondary N) is 1. The molecule has 0 spiro atoms. The fourth-order valence-electron chi connectivity index (χ4n) is 1.84. The van der Waals surface area contributed by atoms with Gasteiger partial charge in [0.25, 0.3) is 0 Å². The summed E-state index contributed by atoms with van der Waals surface area (Å²) in [5.74, 6) is -0.224. The van der Waals surface area contributed by atoms with Gasteiger partial charge in [-0.1, -0.05) is 22.0 Å². The van der Waals surface area contributed by atoms with Crippen molar-refractivity contribution in [2.75, 3.05) is 38.4 Å². The predicted octanol–water partition coefficient (Wildman–Crippen LogP) is 2.08. The maximum Gasteiger partial charge on any atom is 0.225 e. The summed E-state index contributed by atoms with van der Waals surface area (Å²) in [6.45, 7) is 0.982. The topological polar surface area (TPSA) is 75.7 Å². The molecule has 1 aromatic carbocycles. The summed E-state index contributed by atoms with van der Waals surface area (Å²) in [7, 11) is -1.76. The van der Waals surface area contributed by atoms with Crippen LogP contribution in [0.15, 0.2) is 28.7 Å². The number of halogens is 1. The highest BCUT2D eigenvalue weighted by atomic mass is 79.9. The van der Waals surface area contributed by atoms with Gasteiger partial charge in [0.2, 0.25) is 15.9 Å². The quantitative estimate of drug-likeness (QED) is 0.652. The molecule has 0 unspecified atom stereocenters. The molecule has 1 aromatic rings. The standard InChI is InChI=1S/C14H21BrN2O4S/c1-21-10-4-8-17(22(2,19)20)9-7-14(18)16-13-6-3-5-12(15)11-13/h3,5-6,11H,4,7-10H2,1-2H3,(H,16,18). The number of ether oxygens (including phenoxy) is 1. The number of nitrogens with zero attached hydrogens (tertiary/aromatic N) is 1. The van der Waals surface area contributed by atoms with Crippen LogP contribution in [-0.4, -0.2) is 51.7 Å². The molecule has 0 saturated heterocycles. The van der Waals surface area contributed by atoms with Crippen LogP contribution in [0, 0.1) is 0 Å². The molecule has 0 radical (unpaired) electrons. The van der Waals surface area contributed by atoms with E-state index in [4.69, 9.17) is 4.74 Å². The second-order valence-corrected chi connectivity index (χ2v) is 7.72. The van der Waals surface area contributed by atoms with E-state index in [1.807, 2.05) is 12.1 Å². The number of carbonyl (C=O) groups is 1. The van der Waals surface area contributed by atoms with Crippen molar-refractivity contribution in [1.82, 2.24) is 4.31 Å². The highest BCUT2D eigenvalue weighted by Gasteiger charge is 2.17. The van der Waals surface area contributed by atoms with Crippen molar-refractivity contribution in [2.45, 2.75) is 12.8 Å². The summed E-state index contributed by atoms with van der Waals surface area (Å²) in [5, 5.41) is 2.74. The Morgan fingerprint density at radius 3 is 2.68 bits per heavy atom. The van der Waals surface area contributed by atoms with Gasteiger partial charge >= 0.3 is 0 Å². The molecule has 1 N–H and O–H groups in total. The van der Waals surface area contributed by atoms with Gasteiger partial charge in [0, 0.05) is 43.4 Å². The molecule has 0 aliphatic carbocycles. The maximum absolute atomic E-state index is 11.9. The summed E-state index contributed by atoms with van der Waals surface area (Å²) in [5.41, 5.74) is 0.671. The third-order valence-corrected chi connectivity index (χ3v) is 4.72. The molecule has 0 aromatic heterocycles.